The number of hydrogen-bond acceptors (Lipinski definition) is 4. The average Bonchev–Trinajstić information content (AvgIpc) is 2.36. The Morgan fingerprint density at radius 3 is 2.82 bits per heavy atom. The van der Waals surface area contributed by atoms with Crippen LogP contribution in [-0.4, -0.2) is 22.7 Å². The number of aliphatic hydroxyl groups excluding tert-OH is 1. The summed E-state index contributed by atoms with van der Waals surface area (Å²) in [6, 6.07) is 5.71. The van der Waals surface area contributed by atoms with E-state index in [4.69, 9.17) is 5.26 Å². The van der Waals surface area contributed by atoms with Gasteiger partial charge in [-0.2, -0.15) is 5.26 Å². The van der Waals surface area contributed by atoms with Crippen molar-refractivity contribution < 1.29 is 5.11 Å². The number of rotatable bonds is 5. The summed E-state index contributed by atoms with van der Waals surface area (Å²) >= 11 is 0. The molecule has 0 spiro atoms. The molecule has 0 saturated heterocycles. The van der Waals surface area contributed by atoms with Gasteiger partial charge >= 0.3 is 0 Å². The van der Waals surface area contributed by atoms with E-state index in [2.05, 4.69) is 10.3 Å². The second-order valence-corrected chi connectivity index (χ2v) is 4.31. The minimum Gasteiger partial charge on any atom is -0.391 e. The Kier molecular flexibility index (Phi) is 4.92. The summed E-state index contributed by atoms with van der Waals surface area (Å²) in [5, 5.41) is 21.7. The molecule has 0 fully saturated rings. The number of aromatic nitrogens is 1. The zero-order chi connectivity index (χ0) is 12.8. The normalized spacial score (nSPS) is 13.8. The first kappa shape index (κ1) is 13.5. The quantitative estimate of drug-likeness (QED) is 0.817. The third-order valence-corrected chi connectivity index (χ3v) is 3.00. The van der Waals surface area contributed by atoms with Crippen LogP contribution >= 0.6 is 0 Å². The summed E-state index contributed by atoms with van der Waals surface area (Å²) in [5.74, 6) is 0.887. The molecule has 0 radical (unpaired) electrons. The van der Waals surface area contributed by atoms with Crippen molar-refractivity contribution in [1.82, 2.24) is 4.98 Å². The van der Waals surface area contributed by atoms with Crippen LogP contribution in [0.25, 0.3) is 0 Å². The summed E-state index contributed by atoms with van der Waals surface area (Å²) in [7, 11) is 0. The molecule has 2 N–H and O–H groups in total. The predicted octanol–water partition coefficient (Wildman–Crippen LogP) is 2.08. The van der Waals surface area contributed by atoms with Gasteiger partial charge in [0.15, 0.2) is 0 Å². The van der Waals surface area contributed by atoms with Gasteiger partial charge in [-0.3, -0.25) is 0 Å². The van der Waals surface area contributed by atoms with E-state index in [0.29, 0.717) is 18.1 Å². The molecule has 0 aromatic carbocycles. The number of nitrogens with one attached hydrogen (secondary N) is 1. The Bertz CT molecular complexity index is 412. The van der Waals surface area contributed by atoms with Gasteiger partial charge in [0.25, 0.3) is 0 Å². The van der Waals surface area contributed by atoms with Crippen molar-refractivity contribution in [2.45, 2.75) is 33.3 Å². The van der Waals surface area contributed by atoms with E-state index in [1.165, 1.54) is 0 Å². The highest BCUT2D eigenvalue weighted by atomic mass is 16.3. The molecule has 4 heteroatoms. The second kappa shape index (κ2) is 6.21. The number of nitriles is 1. The van der Waals surface area contributed by atoms with Crippen LogP contribution in [0, 0.1) is 24.2 Å². The molecular formula is C13H19N3O. The largest absolute Gasteiger partial charge is 0.391 e. The maximum atomic E-state index is 9.80. The Balaban J connectivity index is 2.61. The number of pyridine rings is 1. The van der Waals surface area contributed by atoms with Crippen molar-refractivity contribution in [3.8, 4) is 6.07 Å². The van der Waals surface area contributed by atoms with E-state index in [9.17, 15) is 5.11 Å². The summed E-state index contributed by atoms with van der Waals surface area (Å²) in [6.45, 7) is 6.36. The molecule has 0 aliphatic heterocycles. The lowest BCUT2D eigenvalue weighted by molar-refractivity contribution is 0.126. The highest BCUT2D eigenvalue weighted by Gasteiger charge is 2.12. The summed E-state index contributed by atoms with van der Waals surface area (Å²) in [4.78, 5) is 4.16. The van der Waals surface area contributed by atoms with Gasteiger partial charge in [-0.15, -0.1) is 0 Å². The fourth-order valence-electron chi connectivity index (χ4n) is 1.42. The smallest absolute Gasteiger partial charge is 0.145 e. The molecule has 1 aromatic heterocycles. The number of aliphatic hydroxyl groups is 1. The van der Waals surface area contributed by atoms with Crippen molar-refractivity contribution in [2.24, 2.45) is 5.92 Å². The van der Waals surface area contributed by atoms with E-state index in [1.54, 1.807) is 0 Å². The molecule has 2 unspecified atom stereocenters. The van der Waals surface area contributed by atoms with Crippen LogP contribution in [0.1, 0.15) is 31.5 Å². The molecule has 1 rings (SSSR count). The zero-order valence-electron chi connectivity index (χ0n) is 10.6. The predicted molar refractivity (Wildman–Crippen MR) is 67.6 cm³/mol. The lowest BCUT2D eigenvalue weighted by Crippen LogP contribution is -2.26. The monoisotopic (exact) mass is 233 g/mol. The van der Waals surface area contributed by atoms with Crippen LogP contribution in [-0.2, 0) is 0 Å². The minimum absolute atomic E-state index is 0.253. The molecule has 1 heterocycles. The molecule has 0 aliphatic rings. The van der Waals surface area contributed by atoms with Crippen LogP contribution in [0.5, 0.6) is 0 Å². The first-order chi connectivity index (χ1) is 8.08. The first-order valence-corrected chi connectivity index (χ1v) is 5.88. The van der Waals surface area contributed by atoms with Crippen molar-refractivity contribution in [1.29, 1.82) is 5.26 Å². The average molecular weight is 233 g/mol. The molecule has 92 valence electrons. The molecule has 0 aliphatic carbocycles. The van der Waals surface area contributed by atoms with Gasteiger partial charge in [0.1, 0.15) is 17.6 Å². The van der Waals surface area contributed by atoms with E-state index in [-0.39, 0.29) is 5.92 Å². The Hall–Kier alpha value is -1.60. The Morgan fingerprint density at radius 1 is 1.53 bits per heavy atom. The molecule has 0 saturated carbocycles. The summed E-state index contributed by atoms with van der Waals surface area (Å²) < 4.78 is 0. The van der Waals surface area contributed by atoms with Crippen LogP contribution in [0.3, 0.4) is 0 Å². The highest BCUT2D eigenvalue weighted by Crippen LogP contribution is 2.11. The van der Waals surface area contributed by atoms with Crippen LogP contribution < -0.4 is 5.32 Å². The Labute approximate surface area is 102 Å². The topological polar surface area (TPSA) is 68.9 Å². The maximum absolute atomic E-state index is 9.80. The van der Waals surface area contributed by atoms with Gasteiger partial charge in [0.05, 0.1) is 6.10 Å². The zero-order valence-corrected chi connectivity index (χ0v) is 10.6. The molecule has 2 atom stereocenters. The fraction of sp³-hybridized carbons (Fsp3) is 0.538. The number of anilines is 1. The highest BCUT2D eigenvalue weighted by molar-refractivity contribution is 5.42. The first-order valence-electron chi connectivity index (χ1n) is 5.88. The van der Waals surface area contributed by atoms with Gasteiger partial charge in [-0.25, -0.2) is 4.98 Å². The van der Waals surface area contributed by atoms with Crippen molar-refractivity contribution in [3.63, 3.8) is 0 Å². The van der Waals surface area contributed by atoms with Gasteiger partial charge in [-0.1, -0.05) is 26.3 Å². The maximum Gasteiger partial charge on any atom is 0.145 e. The lowest BCUT2D eigenvalue weighted by atomic mass is 10.0. The van der Waals surface area contributed by atoms with Crippen molar-refractivity contribution in [2.75, 3.05) is 11.9 Å². The summed E-state index contributed by atoms with van der Waals surface area (Å²) in [5.41, 5.74) is 1.29. The van der Waals surface area contributed by atoms with Gasteiger partial charge in [-0.05, 0) is 24.5 Å². The van der Waals surface area contributed by atoms with Gasteiger partial charge < -0.3 is 10.4 Å². The van der Waals surface area contributed by atoms with E-state index in [1.807, 2.05) is 39.0 Å². The van der Waals surface area contributed by atoms with Gasteiger partial charge in [0, 0.05) is 6.54 Å². The molecule has 0 bridgehead atoms. The number of hydrogen-bond donors (Lipinski definition) is 2. The van der Waals surface area contributed by atoms with Crippen LogP contribution in [0.2, 0.25) is 0 Å². The van der Waals surface area contributed by atoms with Crippen molar-refractivity contribution in [3.05, 3.63) is 23.4 Å². The Morgan fingerprint density at radius 2 is 2.24 bits per heavy atom. The van der Waals surface area contributed by atoms with Crippen molar-refractivity contribution >= 4 is 5.82 Å². The molecule has 1 aromatic rings. The summed E-state index contributed by atoms with van der Waals surface area (Å²) in [6.07, 6.45) is 0.543. The van der Waals surface area contributed by atoms with E-state index < -0.39 is 6.10 Å². The van der Waals surface area contributed by atoms with Crippen LogP contribution in [0.15, 0.2) is 12.1 Å². The standard InChI is InChI=1S/C13H19N3O/c1-4-9(2)12(17)8-15-13-6-5-10(3)11(7-14)16-13/h5-6,9,12,17H,4,8H2,1-3H3,(H,15,16). The van der Waals surface area contributed by atoms with E-state index >= 15 is 0 Å². The third kappa shape index (κ3) is 3.72. The number of nitrogens with zero attached hydrogens (tertiary/aromatic N) is 2. The molecular weight excluding hydrogens is 214 g/mol. The second-order valence-electron chi connectivity index (χ2n) is 4.31. The molecule has 17 heavy (non-hydrogen) atoms. The molecule has 4 nitrogen and oxygen atoms in total. The SMILES string of the molecule is CCC(C)C(O)CNc1ccc(C)c(C#N)n1. The van der Waals surface area contributed by atoms with Gasteiger partial charge in [0.2, 0.25) is 0 Å². The lowest BCUT2D eigenvalue weighted by Gasteiger charge is -2.17. The fourth-order valence-corrected chi connectivity index (χ4v) is 1.42. The van der Waals surface area contributed by atoms with Crippen LogP contribution in [0.4, 0.5) is 5.82 Å². The third-order valence-electron chi connectivity index (χ3n) is 3.00. The van der Waals surface area contributed by atoms with E-state index in [0.717, 1.165) is 12.0 Å². The number of aryl methyl sites for hydroxylation is 1. The molecule has 0 amide bonds. The minimum atomic E-state index is -0.395.